The zero-order valence-electron chi connectivity index (χ0n) is 14.4. The largest absolute Gasteiger partial charge is 0.504 e. The van der Waals surface area contributed by atoms with E-state index in [1.165, 1.54) is 14.2 Å². The maximum absolute atomic E-state index is 10.2. The van der Waals surface area contributed by atoms with Crippen molar-refractivity contribution in [1.29, 1.82) is 0 Å². The lowest BCUT2D eigenvalue weighted by atomic mass is 9.88. The second kappa shape index (κ2) is 7.21. The highest BCUT2D eigenvalue weighted by Gasteiger charge is 2.28. The number of aliphatic hydroxyl groups is 1. The van der Waals surface area contributed by atoms with Gasteiger partial charge in [0, 0.05) is 12.6 Å². The van der Waals surface area contributed by atoms with Gasteiger partial charge >= 0.3 is 0 Å². The molecule has 0 amide bonds. The highest BCUT2D eigenvalue weighted by atomic mass is 16.5. The normalized spacial score (nSPS) is 17.2. The maximum atomic E-state index is 10.2. The van der Waals surface area contributed by atoms with Gasteiger partial charge in [-0.25, -0.2) is 0 Å². The minimum atomic E-state index is -0.0987. The topological polar surface area (TPSA) is 82.4 Å². The third-order valence-corrected chi connectivity index (χ3v) is 4.76. The van der Waals surface area contributed by atoms with Gasteiger partial charge in [-0.15, -0.1) is 0 Å². The summed E-state index contributed by atoms with van der Waals surface area (Å²) < 4.78 is 10.3. The number of phenolic OH excluding ortho intramolecular Hbond substituents is 2. The molecule has 1 aliphatic heterocycles. The van der Waals surface area contributed by atoms with Crippen molar-refractivity contribution >= 4 is 0 Å². The van der Waals surface area contributed by atoms with Crippen LogP contribution in [0, 0.1) is 0 Å². The summed E-state index contributed by atoms with van der Waals surface area (Å²) in [6.07, 6.45) is 1.37. The van der Waals surface area contributed by atoms with E-state index in [2.05, 4.69) is 0 Å². The van der Waals surface area contributed by atoms with E-state index in [0.717, 1.165) is 23.1 Å². The third kappa shape index (κ3) is 3.36. The van der Waals surface area contributed by atoms with Crippen molar-refractivity contribution in [3.63, 3.8) is 0 Å². The first-order valence-corrected chi connectivity index (χ1v) is 8.18. The summed E-state index contributed by atoms with van der Waals surface area (Å²) in [4.78, 5) is 1.95. The van der Waals surface area contributed by atoms with Crippen molar-refractivity contribution in [2.75, 3.05) is 27.5 Å². The first-order valence-electron chi connectivity index (χ1n) is 8.18. The number of hydrogen-bond donors (Lipinski definition) is 3. The summed E-state index contributed by atoms with van der Waals surface area (Å²) in [6.45, 7) is 0.642. The Morgan fingerprint density at radius 1 is 1.04 bits per heavy atom. The minimum absolute atomic E-state index is 0.0704. The fourth-order valence-electron chi connectivity index (χ4n) is 3.43. The van der Waals surface area contributed by atoms with E-state index in [-0.39, 0.29) is 24.3 Å². The van der Waals surface area contributed by atoms with Gasteiger partial charge in [0.25, 0.3) is 0 Å². The quantitative estimate of drug-likeness (QED) is 0.771. The second-order valence-electron chi connectivity index (χ2n) is 6.15. The smallest absolute Gasteiger partial charge is 0.160 e. The predicted octanol–water partition coefficient (Wildman–Crippen LogP) is 2.21. The molecule has 0 saturated heterocycles. The van der Waals surface area contributed by atoms with E-state index in [1.54, 1.807) is 18.2 Å². The number of methoxy groups -OCH3 is 2. The molecule has 0 aliphatic carbocycles. The number of aliphatic hydroxyl groups excluding tert-OH is 1. The molecule has 0 saturated carbocycles. The highest BCUT2D eigenvalue weighted by molar-refractivity contribution is 5.49. The van der Waals surface area contributed by atoms with Crippen molar-refractivity contribution in [2.45, 2.75) is 18.9 Å². The van der Waals surface area contributed by atoms with Crippen LogP contribution < -0.4 is 9.47 Å². The molecule has 3 N–H and O–H groups in total. The number of nitrogens with zero attached hydrogens (tertiary/aromatic N) is 1. The highest BCUT2D eigenvalue weighted by Crippen LogP contribution is 2.39. The summed E-state index contributed by atoms with van der Waals surface area (Å²) in [6, 6.07) is 8.77. The van der Waals surface area contributed by atoms with Crippen LogP contribution >= 0.6 is 0 Å². The van der Waals surface area contributed by atoms with E-state index in [1.807, 2.05) is 17.0 Å². The van der Waals surface area contributed by atoms with Crippen molar-refractivity contribution in [3.05, 3.63) is 47.0 Å². The Morgan fingerprint density at radius 2 is 1.76 bits per heavy atom. The summed E-state index contributed by atoms with van der Waals surface area (Å²) in [7, 11) is 3.04. The average molecular weight is 345 g/mol. The van der Waals surface area contributed by atoms with E-state index >= 15 is 0 Å². The van der Waals surface area contributed by atoms with E-state index in [4.69, 9.17) is 9.47 Å². The summed E-state index contributed by atoms with van der Waals surface area (Å²) in [5.41, 5.74) is 2.99. The van der Waals surface area contributed by atoms with E-state index in [0.29, 0.717) is 24.5 Å². The molecule has 6 nitrogen and oxygen atoms in total. The molecule has 0 spiro atoms. The monoisotopic (exact) mass is 345 g/mol. The summed E-state index contributed by atoms with van der Waals surface area (Å²) in [5.74, 6) is 1.05. The van der Waals surface area contributed by atoms with Crippen LogP contribution in [0.15, 0.2) is 30.3 Å². The molecule has 1 aliphatic rings. The Bertz CT molecular complexity index is 762. The number of hydrogen-bond acceptors (Lipinski definition) is 6. The molecular formula is C19H23NO5. The standard InChI is InChI=1S/C19H23NO5/c1-24-18-4-3-12(8-16(18)22)7-15-14-10-17(23)19(25-2)9-13(14)5-6-20(15)11-21/h3-4,8-10,15,21-23H,5-7,11H2,1-2H3/t15-/m0/s1. The SMILES string of the molecule is COc1ccc(C[C@H]2c3cc(O)c(OC)cc3CCN2CO)cc1O. The molecule has 3 rings (SSSR count). The van der Waals surface area contributed by atoms with Crippen LogP contribution in [0.4, 0.5) is 0 Å². The van der Waals surface area contributed by atoms with Gasteiger partial charge in [0.05, 0.1) is 21.0 Å². The summed E-state index contributed by atoms with van der Waals surface area (Å²) >= 11 is 0. The Labute approximate surface area is 146 Å². The van der Waals surface area contributed by atoms with Crippen molar-refractivity contribution in [1.82, 2.24) is 4.90 Å². The second-order valence-corrected chi connectivity index (χ2v) is 6.15. The third-order valence-electron chi connectivity index (χ3n) is 4.76. The van der Waals surface area contributed by atoms with Crippen LogP contribution in [0.3, 0.4) is 0 Å². The molecule has 25 heavy (non-hydrogen) atoms. The number of benzene rings is 2. The van der Waals surface area contributed by atoms with Crippen molar-refractivity contribution in [3.8, 4) is 23.0 Å². The lowest BCUT2D eigenvalue weighted by molar-refractivity contribution is 0.0605. The van der Waals surface area contributed by atoms with Gasteiger partial charge in [0.2, 0.25) is 0 Å². The Hall–Kier alpha value is -2.44. The van der Waals surface area contributed by atoms with Gasteiger partial charge in [-0.05, 0) is 53.8 Å². The number of fused-ring (bicyclic) bond motifs is 1. The minimum Gasteiger partial charge on any atom is -0.504 e. The van der Waals surface area contributed by atoms with Crippen LogP contribution in [0.2, 0.25) is 0 Å². The van der Waals surface area contributed by atoms with E-state index in [9.17, 15) is 15.3 Å². The molecule has 1 atom stereocenters. The Morgan fingerprint density at radius 3 is 2.40 bits per heavy atom. The Balaban J connectivity index is 1.96. The lowest BCUT2D eigenvalue weighted by Gasteiger charge is -2.36. The van der Waals surface area contributed by atoms with Gasteiger partial charge in [0.15, 0.2) is 23.0 Å². The Kier molecular flexibility index (Phi) is 5.01. The molecule has 0 bridgehead atoms. The zero-order chi connectivity index (χ0) is 18.0. The number of phenols is 2. The van der Waals surface area contributed by atoms with Crippen LogP contribution in [-0.4, -0.2) is 47.7 Å². The fraction of sp³-hybridized carbons (Fsp3) is 0.368. The molecule has 0 unspecified atom stereocenters. The molecule has 0 aromatic heterocycles. The molecule has 134 valence electrons. The number of ether oxygens (including phenoxy) is 2. The van der Waals surface area contributed by atoms with Crippen molar-refractivity contribution < 1.29 is 24.8 Å². The van der Waals surface area contributed by atoms with E-state index < -0.39 is 0 Å². The van der Waals surface area contributed by atoms with Crippen LogP contribution in [0.5, 0.6) is 23.0 Å². The molecule has 0 fully saturated rings. The predicted molar refractivity (Wildman–Crippen MR) is 93.3 cm³/mol. The fourth-order valence-corrected chi connectivity index (χ4v) is 3.43. The number of aromatic hydroxyl groups is 2. The van der Waals surface area contributed by atoms with Gasteiger partial charge in [-0.1, -0.05) is 6.07 Å². The molecular weight excluding hydrogens is 322 g/mol. The van der Waals surface area contributed by atoms with Crippen LogP contribution in [0.1, 0.15) is 22.7 Å². The van der Waals surface area contributed by atoms with Crippen LogP contribution in [0.25, 0.3) is 0 Å². The maximum Gasteiger partial charge on any atom is 0.160 e. The molecule has 0 radical (unpaired) electrons. The average Bonchev–Trinajstić information content (AvgIpc) is 2.62. The first kappa shape index (κ1) is 17.4. The van der Waals surface area contributed by atoms with Crippen molar-refractivity contribution in [2.24, 2.45) is 0 Å². The van der Waals surface area contributed by atoms with Gasteiger partial charge in [-0.2, -0.15) is 0 Å². The first-order chi connectivity index (χ1) is 12.1. The lowest BCUT2D eigenvalue weighted by Crippen LogP contribution is -2.37. The van der Waals surface area contributed by atoms with Crippen LogP contribution in [-0.2, 0) is 12.8 Å². The summed E-state index contributed by atoms with van der Waals surface area (Å²) in [5, 5.41) is 29.9. The zero-order valence-corrected chi connectivity index (χ0v) is 14.4. The molecule has 2 aromatic carbocycles. The van der Waals surface area contributed by atoms with Gasteiger partial charge in [0.1, 0.15) is 0 Å². The molecule has 2 aromatic rings. The molecule has 6 heteroatoms. The number of rotatable bonds is 5. The van der Waals surface area contributed by atoms with Gasteiger partial charge in [-0.3, -0.25) is 4.90 Å². The van der Waals surface area contributed by atoms with Gasteiger partial charge < -0.3 is 24.8 Å². The molecule has 1 heterocycles.